The number of aryl methyl sites for hydroxylation is 1. The smallest absolute Gasteiger partial charge is 0.0215 e. The van der Waals surface area contributed by atoms with Crippen molar-refractivity contribution in [3.05, 3.63) is 69.8 Å². The summed E-state index contributed by atoms with van der Waals surface area (Å²) in [4.78, 5) is 0. The highest BCUT2D eigenvalue weighted by Crippen LogP contribution is 2.31. The van der Waals surface area contributed by atoms with Gasteiger partial charge in [-0.15, -0.1) is 0 Å². The van der Waals surface area contributed by atoms with E-state index in [-0.39, 0.29) is 0 Å². The van der Waals surface area contributed by atoms with Crippen LogP contribution < -0.4 is 0 Å². The van der Waals surface area contributed by atoms with Crippen molar-refractivity contribution in [3.63, 3.8) is 0 Å². The molecule has 0 aliphatic rings. The number of hydrogen-bond acceptors (Lipinski definition) is 0. The first-order valence-electron chi connectivity index (χ1n) is 6.00. The van der Waals surface area contributed by atoms with E-state index in [9.17, 15) is 0 Å². The molecule has 3 aromatic carbocycles. The van der Waals surface area contributed by atoms with Crippen LogP contribution in [0, 0.1) is 10.5 Å². The van der Waals surface area contributed by atoms with Crippen molar-refractivity contribution in [1.29, 1.82) is 0 Å². The molecule has 18 heavy (non-hydrogen) atoms. The highest BCUT2D eigenvalue weighted by molar-refractivity contribution is 14.1. The van der Waals surface area contributed by atoms with Gasteiger partial charge in [0, 0.05) is 8.96 Å². The molecule has 3 aromatic rings. The second-order valence-electron chi connectivity index (χ2n) is 4.51. The molecule has 0 unspecified atom stereocenters. The standard InChI is InChI=1S/C17H13I/c1-12-8-10-13(11-9-12)15-6-2-4-14-5-3-7-16(18)17(14)15/h2-11H,1H3. The van der Waals surface area contributed by atoms with Gasteiger partial charge in [0.1, 0.15) is 0 Å². The first kappa shape index (κ1) is 11.7. The fourth-order valence-corrected chi connectivity index (χ4v) is 3.08. The van der Waals surface area contributed by atoms with Crippen LogP contribution in [0.15, 0.2) is 60.7 Å². The Morgan fingerprint density at radius 3 is 2.17 bits per heavy atom. The summed E-state index contributed by atoms with van der Waals surface area (Å²) >= 11 is 2.42. The third kappa shape index (κ3) is 2.03. The zero-order chi connectivity index (χ0) is 12.5. The minimum atomic E-state index is 1.29. The largest absolute Gasteiger partial charge is 0.0610 e. The Morgan fingerprint density at radius 1 is 0.778 bits per heavy atom. The fraction of sp³-hybridized carbons (Fsp3) is 0.0588. The molecule has 0 aliphatic carbocycles. The summed E-state index contributed by atoms with van der Waals surface area (Å²) in [5.41, 5.74) is 3.90. The summed E-state index contributed by atoms with van der Waals surface area (Å²) < 4.78 is 1.31. The summed E-state index contributed by atoms with van der Waals surface area (Å²) in [5, 5.41) is 2.66. The van der Waals surface area contributed by atoms with Gasteiger partial charge >= 0.3 is 0 Å². The van der Waals surface area contributed by atoms with Crippen molar-refractivity contribution in [2.75, 3.05) is 0 Å². The van der Waals surface area contributed by atoms with Crippen LogP contribution >= 0.6 is 22.6 Å². The predicted molar refractivity (Wildman–Crippen MR) is 86.8 cm³/mol. The van der Waals surface area contributed by atoms with Crippen molar-refractivity contribution in [2.45, 2.75) is 6.92 Å². The molecule has 1 heteroatoms. The molecule has 0 atom stereocenters. The SMILES string of the molecule is Cc1ccc(-c2cccc3cccc(I)c23)cc1. The van der Waals surface area contributed by atoms with Gasteiger partial charge in [0.2, 0.25) is 0 Å². The first-order chi connectivity index (χ1) is 8.75. The average Bonchev–Trinajstić information content (AvgIpc) is 2.39. The van der Waals surface area contributed by atoms with Crippen molar-refractivity contribution < 1.29 is 0 Å². The molecule has 0 saturated heterocycles. The second-order valence-corrected chi connectivity index (χ2v) is 5.67. The monoisotopic (exact) mass is 344 g/mol. The van der Waals surface area contributed by atoms with Crippen LogP contribution in [-0.4, -0.2) is 0 Å². The first-order valence-corrected chi connectivity index (χ1v) is 7.08. The molecule has 0 fully saturated rings. The Morgan fingerprint density at radius 2 is 1.44 bits per heavy atom. The predicted octanol–water partition coefficient (Wildman–Crippen LogP) is 5.42. The maximum atomic E-state index is 2.42. The van der Waals surface area contributed by atoms with E-state index in [1.165, 1.54) is 31.0 Å². The van der Waals surface area contributed by atoms with Crippen LogP contribution in [0.25, 0.3) is 21.9 Å². The molecule has 88 valence electrons. The van der Waals surface area contributed by atoms with Crippen LogP contribution in [0.2, 0.25) is 0 Å². The van der Waals surface area contributed by atoms with E-state index >= 15 is 0 Å². The molecule has 0 aromatic heterocycles. The Balaban J connectivity index is 2.32. The van der Waals surface area contributed by atoms with E-state index in [1.54, 1.807) is 0 Å². The molecular weight excluding hydrogens is 331 g/mol. The molecule has 0 bridgehead atoms. The molecule has 0 N–H and O–H groups in total. The van der Waals surface area contributed by atoms with Crippen LogP contribution in [0.4, 0.5) is 0 Å². The van der Waals surface area contributed by atoms with Crippen LogP contribution in [0.3, 0.4) is 0 Å². The number of rotatable bonds is 1. The maximum Gasteiger partial charge on any atom is 0.0215 e. The van der Waals surface area contributed by atoms with Crippen molar-refractivity contribution in [1.82, 2.24) is 0 Å². The fourth-order valence-electron chi connectivity index (χ4n) is 2.27. The Kier molecular flexibility index (Phi) is 3.08. The van der Waals surface area contributed by atoms with Gasteiger partial charge in [-0.05, 0) is 52.1 Å². The zero-order valence-electron chi connectivity index (χ0n) is 10.2. The Hall–Kier alpha value is -1.35. The second kappa shape index (κ2) is 4.73. The Labute approximate surface area is 121 Å². The van der Waals surface area contributed by atoms with E-state index in [1.807, 2.05) is 0 Å². The third-order valence-electron chi connectivity index (χ3n) is 3.22. The van der Waals surface area contributed by atoms with E-state index in [0.717, 1.165) is 0 Å². The van der Waals surface area contributed by atoms with Crippen LogP contribution in [0.5, 0.6) is 0 Å². The van der Waals surface area contributed by atoms with Gasteiger partial charge in [-0.1, -0.05) is 60.2 Å². The van der Waals surface area contributed by atoms with Crippen LogP contribution in [-0.2, 0) is 0 Å². The normalized spacial score (nSPS) is 10.8. The molecule has 0 heterocycles. The molecule has 0 aliphatic heterocycles. The number of benzene rings is 3. The van der Waals surface area contributed by atoms with Gasteiger partial charge in [0.15, 0.2) is 0 Å². The van der Waals surface area contributed by atoms with E-state index in [0.29, 0.717) is 0 Å². The average molecular weight is 344 g/mol. The van der Waals surface area contributed by atoms with Gasteiger partial charge < -0.3 is 0 Å². The summed E-state index contributed by atoms with van der Waals surface area (Å²) in [6.45, 7) is 2.12. The lowest BCUT2D eigenvalue weighted by atomic mass is 9.98. The van der Waals surface area contributed by atoms with Crippen LogP contribution in [0.1, 0.15) is 5.56 Å². The molecule has 0 nitrogen and oxygen atoms in total. The summed E-state index contributed by atoms with van der Waals surface area (Å²) in [7, 11) is 0. The van der Waals surface area contributed by atoms with Crippen molar-refractivity contribution in [3.8, 4) is 11.1 Å². The third-order valence-corrected chi connectivity index (χ3v) is 4.12. The van der Waals surface area contributed by atoms with Gasteiger partial charge in [-0.3, -0.25) is 0 Å². The lowest BCUT2D eigenvalue weighted by Gasteiger charge is -2.09. The number of hydrogen-bond donors (Lipinski definition) is 0. The quantitative estimate of drug-likeness (QED) is 0.517. The zero-order valence-corrected chi connectivity index (χ0v) is 12.3. The molecule has 0 radical (unpaired) electrons. The summed E-state index contributed by atoms with van der Waals surface area (Å²) in [6, 6.07) is 21.7. The summed E-state index contributed by atoms with van der Waals surface area (Å²) in [5.74, 6) is 0. The van der Waals surface area contributed by atoms with Gasteiger partial charge in [-0.2, -0.15) is 0 Å². The van der Waals surface area contributed by atoms with Gasteiger partial charge in [0.25, 0.3) is 0 Å². The Bertz CT molecular complexity index is 691. The number of fused-ring (bicyclic) bond motifs is 1. The lowest BCUT2D eigenvalue weighted by Crippen LogP contribution is -1.84. The van der Waals surface area contributed by atoms with Crippen molar-refractivity contribution in [2.24, 2.45) is 0 Å². The van der Waals surface area contributed by atoms with Crippen molar-refractivity contribution >= 4 is 33.4 Å². The highest BCUT2D eigenvalue weighted by atomic mass is 127. The molecule has 0 spiro atoms. The van der Waals surface area contributed by atoms with Gasteiger partial charge in [0.05, 0.1) is 0 Å². The maximum absolute atomic E-state index is 2.42. The summed E-state index contributed by atoms with van der Waals surface area (Å²) in [6.07, 6.45) is 0. The molecule has 0 saturated carbocycles. The van der Waals surface area contributed by atoms with Gasteiger partial charge in [-0.25, -0.2) is 0 Å². The van der Waals surface area contributed by atoms with E-state index < -0.39 is 0 Å². The number of halogens is 1. The lowest BCUT2D eigenvalue weighted by molar-refractivity contribution is 1.47. The highest BCUT2D eigenvalue weighted by Gasteiger charge is 2.06. The molecule has 3 rings (SSSR count). The topological polar surface area (TPSA) is 0 Å². The van der Waals surface area contributed by atoms with E-state index in [4.69, 9.17) is 0 Å². The minimum Gasteiger partial charge on any atom is -0.0610 e. The van der Waals surface area contributed by atoms with E-state index in [2.05, 4.69) is 90.2 Å². The molecular formula is C17H13I. The minimum absolute atomic E-state index is 1.29. The molecule has 0 amide bonds.